The molecule has 0 radical (unpaired) electrons. The molecule has 8 nitrogen and oxygen atoms in total. The number of carbonyl (C=O) groups is 1. The summed E-state index contributed by atoms with van der Waals surface area (Å²) in [6.45, 7) is 5.44. The molecule has 2 heterocycles. The summed E-state index contributed by atoms with van der Waals surface area (Å²) in [5, 5.41) is 5.06. The van der Waals surface area contributed by atoms with E-state index in [9.17, 15) is 4.79 Å². The SMILES string of the molecule is CO/C=C(/C(=O)OC)c1c(C)nc(C)nc1Oc1ccn(-c2cc(Cl)ccc2C)n1. The monoisotopic (exact) mass is 428 g/mol. The second-order valence-electron chi connectivity index (χ2n) is 6.43. The minimum atomic E-state index is -0.600. The number of aromatic nitrogens is 4. The average molecular weight is 429 g/mol. The van der Waals surface area contributed by atoms with Crippen molar-refractivity contribution in [2.24, 2.45) is 0 Å². The summed E-state index contributed by atoms with van der Waals surface area (Å²) in [6, 6.07) is 7.23. The Hall–Kier alpha value is -3.39. The fourth-order valence-corrected chi connectivity index (χ4v) is 3.09. The highest BCUT2D eigenvalue weighted by Crippen LogP contribution is 2.31. The lowest BCUT2D eigenvalue weighted by molar-refractivity contribution is -0.133. The van der Waals surface area contributed by atoms with Gasteiger partial charge in [-0.3, -0.25) is 0 Å². The van der Waals surface area contributed by atoms with Crippen LogP contribution in [-0.2, 0) is 14.3 Å². The van der Waals surface area contributed by atoms with Crippen LogP contribution in [0.15, 0.2) is 36.7 Å². The molecule has 0 spiro atoms. The molecule has 156 valence electrons. The van der Waals surface area contributed by atoms with Crippen molar-refractivity contribution in [3.8, 4) is 17.4 Å². The Morgan fingerprint density at radius 3 is 2.60 bits per heavy atom. The topological polar surface area (TPSA) is 88.4 Å². The molecule has 0 amide bonds. The van der Waals surface area contributed by atoms with Crippen molar-refractivity contribution in [1.82, 2.24) is 19.7 Å². The van der Waals surface area contributed by atoms with E-state index in [1.54, 1.807) is 30.8 Å². The highest BCUT2D eigenvalue weighted by molar-refractivity contribution is 6.30. The standard InChI is InChI=1S/C21H21ClN4O4/c1-12-6-7-15(22)10-17(12)26-9-8-18(25-26)30-20-19(13(2)23-14(3)24-20)16(11-28-4)21(27)29-5/h6-11H,1-5H3/b16-11+. The van der Waals surface area contributed by atoms with Crippen molar-refractivity contribution in [2.75, 3.05) is 14.2 Å². The molecule has 0 aliphatic heterocycles. The molecule has 0 saturated heterocycles. The van der Waals surface area contributed by atoms with Gasteiger partial charge in [0.25, 0.3) is 0 Å². The second-order valence-corrected chi connectivity index (χ2v) is 6.86. The zero-order valence-corrected chi connectivity index (χ0v) is 18.0. The fourth-order valence-electron chi connectivity index (χ4n) is 2.93. The van der Waals surface area contributed by atoms with Crippen LogP contribution in [0.4, 0.5) is 0 Å². The number of halogens is 1. The van der Waals surface area contributed by atoms with Gasteiger partial charge in [0.2, 0.25) is 11.8 Å². The lowest BCUT2D eigenvalue weighted by atomic mass is 10.1. The number of ether oxygens (including phenoxy) is 3. The number of rotatable bonds is 6. The van der Waals surface area contributed by atoms with Crippen LogP contribution in [0.3, 0.4) is 0 Å². The Balaban J connectivity index is 2.04. The van der Waals surface area contributed by atoms with Crippen LogP contribution in [0.25, 0.3) is 11.3 Å². The summed E-state index contributed by atoms with van der Waals surface area (Å²) in [5.74, 6) is 0.340. The van der Waals surface area contributed by atoms with Crippen LogP contribution in [0, 0.1) is 20.8 Å². The van der Waals surface area contributed by atoms with Gasteiger partial charge in [0.15, 0.2) is 0 Å². The molecule has 1 aromatic carbocycles. The number of methoxy groups -OCH3 is 2. The van der Waals surface area contributed by atoms with E-state index in [1.165, 1.54) is 20.5 Å². The summed E-state index contributed by atoms with van der Waals surface area (Å²) >= 11 is 6.12. The molecule has 3 aromatic rings. The van der Waals surface area contributed by atoms with Gasteiger partial charge < -0.3 is 14.2 Å². The first kappa shape index (κ1) is 21.3. The first-order valence-corrected chi connectivity index (χ1v) is 9.38. The molecule has 0 aliphatic carbocycles. The summed E-state index contributed by atoms with van der Waals surface area (Å²) in [6.07, 6.45) is 3.02. The molecule has 0 atom stereocenters. The number of aryl methyl sites for hydroxylation is 3. The quantitative estimate of drug-likeness (QED) is 0.330. The Bertz CT molecular complexity index is 1120. The summed E-state index contributed by atoms with van der Waals surface area (Å²) in [4.78, 5) is 21.0. The van der Waals surface area contributed by atoms with Crippen molar-refractivity contribution in [1.29, 1.82) is 0 Å². The van der Waals surface area contributed by atoms with Crippen LogP contribution in [0.1, 0.15) is 22.6 Å². The third kappa shape index (κ3) is 4.44. The van der Waals surface area contributed by atoms with Crippen LogP contribution in [0.5, 0.6) is 11.8 Å². The molecular weight excluding hydrogens is 408 g/mol. The molecule has 0 fully saturated rings. The summed E-state index contributed by atoms with van der Waals surface area (Å²) < 4.78 is 17.5. The lowest BCUT2D eigenvalue weighted by Crippen LogP contribution is -2.10. The van der Waals surface area contributed by atoms with Crippen molar-refractivity contribution >= 4 is 23.1 Å². The predicted molar refractivity (Wildman–Crippen MR) is 112 cm³/mol. The number of hydrogen-bond donors (Lipinski definition) is 0. The molecule has 0 N–H and O–H groups in total. The first-order chi connectivity index (χ1) is 14.3. The van der Waals surface area contributed by atoms with Crippen molar-refractivity contribution in [3.63, 3.8) is 0 Å². The van der Waals surface area contributed by atoms with E-state index in [2.05, 4.69) is 15.1 Å². The molecule has 0 unspecified atom stereocenters. The van der Waals surface area contributed by atoms with E-state index in [-0.39, 0.29) is 17.3 Å². The van der Waals surface area contributed by atoms with Crippen LogP contribution < -0.4 is 4.74 Å². The predicted octanol–water partition coefficient (Wildman–Crippen LogP) is 4.19. The van der Waals surface area contributed by atoms with Crippen molar-refractivity contribution in [3.05, 3.63) is 64.4 Å². The lowest BCUT2D eigenvalue weighted by Gasteiger charge is -2.13. The van der Waals surface area contributed by atoms with Gasteiger partial charge in [-0.05, 0) is 38.5 Å². The second kappa shape index (κ2) is 8.96. The maximum Gasteiger partial charge on any atom is 0.341 e. The molecule has 0 bridgehead atoms. The molecule has 0 saturated carbocycles. The summed E-state index contributed by atoms with van der Waals surface area (Å²) in [5.41, 5.74) is 2.86. The summed E-state index contributed by atoms with van der Waals surface area (Å²) in [7, 11) is 2.72. The number of nitrogens with zero attached hydrogens (tertiary/aromatic N) is 4. The van der Waals surface area contributed by atoms with Crippen LogP contribution in [-0.4, -0.2) is 39.9 Å². The Labute approximate surface area is 179 Å². The fraction of sp³-hybridized carbons (Fsp3) is 0.238. The minimum Gasteiger partial charge on any atom is -0.503 e. The maximum atomic E-state index is 12.3. The van der Waals surface area contributed by atoms with E-state index in [0.717, 1.165) is 11.3 Å². The van der Waals surface area contributed by atoms with E-state index >= 15 is 0 Å². The van der Waals surface area contributed by atoms with Crippen LogP contribution in [0.2, 0.25) is 5.02 Å². The third-order valence-electron chi connectivity index (χ3n) is 4.26. The van der Waals surface area contributed by atoms with E-state index in [0.29, 0.717) is 22.1 Å². The zero-order valence-electron chi connectivity index (χ0n) is 17.3. The van der Waals surface area contributed by atoms with Gasteiger partial charge in [-0.15, -0.1) is 5.10 Å². The van der Waals surface area contributed by atoms with Gasteiger partial charge in [-0.1, -0.05) is 17.7 Å². The van der Waals surface area contributed by atoms with Gasteiger partial charge in [0, 0.05) is 17.3 Å². The Morgan fingerprint density at radius 2 is 1.90 bits per heavy atom. The molecule has 30 heavy (non-hydrogen) atoms. The van der Waals surface area contributed by atoms with E-state index < -0.39 is 5.97 Å². The van der Waals surface area contributed by atoms with Gasteiger partial charge >= 0.3 is 5.97 Å². The van der Waals surface area contributed by atoms with Gasteiger partial charge in [0.05, 0.1) is 37.4 Å². The molecular formula is C21H21ClN4O4. The van der Waals surface area contributed by atoms with Gasteiger partial charge in [-0.2, -0.15) is 4.98 Å². The maximum absolute atomic E-state index is 12.3. The number of esters is 1. The molecule has 0 aliphatic rings. The number of benzene rings is 1. The zero-order chi connectivity index (χ0) is 21.8. The van der Waals surface area contributed by atoms with Crippen molar-refractivity contribution < 1.29 is 19.0 Å². The number of carbonyl (C=O) groups excluding carboxylic acids is 1. The normalized spacial score (nSPS) is 11.3. The Morgan fingerprint density at radius 1 is 1.13 bits per heavy atom. The Kier molecular flexibility index (Phi) is 6.37. The average Bonchev–Trinajstić information content (AvgIpc) is 3.16. The first-order valence-electron chi connectivity index (χ1n) is 9.01. The van der Waals surface area contributed by atoms with E-state index in [1.807, 2.05) is 25.1 Å². The number of hydrogen-bond acceptors (Lipinski definition) is 7. The van der Waals surface area contributed by atoms with Crippen molar-refractivity contribution in [2.45, 2.75) is 20.8 Å². The largest absolute Gasteiger partial charge is 0.503 e. The van der Waals surface area contributed by atoms with E-state index in [4.69, 9.17) is 25.8 Å². The minimum absolute atomic E-state index is 0.137. The highest BCUT2D eigenvalue weighted by Gasteiger charge is 2.24. The molecule has 9 heteroatoms. The smallest absolute Gasteiger partial charge is 0.341 e. The van der Waals surface area contributed by atoms with Gasteiger partial charge in [-0.25, -0.2) is 14.5 Å². The highest BCUT2D eigenvalue weighted by atomic mass is 35.5. The van der Waals surface area contributed by atoms with Gasteiger partial charge in [0.1, 0.15) is 11.4 Å². The van der Waals surface area contributed by atoms with Crippen LogP contribution >= 0.6 is 11.6 Å². The molecule has 3 rings (SSSR count). The molecule has 2 aromatic heterocycles. The third-order valence-corrected chi connectivity index (χ3v) is 4.50.